The van der Waals surface area contributed by atoms with E-state index in [1.165, 1.54) is 0 Å². The zero-order valence-corrected chi connectivity index (χ0v) is 12.5. The molecule has 0 amide bonds. The number of halogens is 1. The van der Waals surface area contributed by atoms with Crippen molar-refractivity contribution in [3.8, 4) is 11.5 Å². The van der Waals surface area contributed by atoms with Crippen molar-refractivity contribution in [2.75, 3.05) is 12.4 Å². The first-order chi connectivity index (χ1) is 9.10. The van der Waals surface area contributed by atoms with E-state index in [-0.39, 0.29) is 5.75 Å². The van der Waals surface area contributed by atoms with Crippen LogP contribution in [0.2, 0.25) is 0 Å². The van der Waals surface area contributed by atoms with Crippen molar-refractivity contribution < 1.29 is 9.84 Å². The van der Waals surface area contributed by atoms with Crippen LogP contribution in [-0.4, -0.2) is 12.2 Å². The Hall–Kier alpha value is -1.68. The Morgan fingerprint density at radius 3 is 2.63 bits per heavy atom. The summed E-state index contributed by atoms with van der Waals surface area (Å²) in [6.07, 6.45) is 0. The summed E-state index contributed by atoms with van der Waals surface area (Å²) < 4.78 is 5.89. The highest BCUT2D eigenvalue weighted by molar-refractivity contribution is 9.10. The van der Waals surface area contributed by atoms with Crippen LogP contribution in [0.15, 0.2) is 40.9 Å². The fraction of sp³-hybridized carbons (Fsp3) is 0.200. The SMILES string of the molecule is COc1ccc(NCc2ccc(O)c(Br)c2)c(C)c1. The molecule has 100 valence electrons. The molecule has 0 aromatic heterocycles. The molecule has 2 N–H and O–H groups in total. The van der Waals surface area contributed by atoms with E-state index >= 15 is 0 Å². The molecule has 2 aromatic rings. The Morgan fingerprint density at radius 1 is 1.21 bits per heavy atom. The average molecular weight is 322 g/mol. The topological polar surface area (TPSA) is 41.5 Å². The number of phenolic OH excluding ortho intramolecular Hbond substituents is 1. The second-order valence-electron chi connectivity index (χ2n) is 4.32. The summed E-state index contributed by atoms with van der Waals surface area (Å²) in [6.45, 7) is 2.74. The minimum atomic E-state index is 0.254. The monoisotopic (exact) mass is 321 g/mol. The van der Waals surface area contributed by atoms with E-state index in [1.807, 2.05) is 37.3 Å². The van der Waals surface area contributed by atoms with E-state index in [0.29, 0.717) is 11.0 Å². The summed E-state index contributed by atoms with van der Waals surface area (Å²) in [5, 5.41) is 12.8. The lowest BCUT2D eigenvalue weighted by molar-refractivity contribution is 0.414. The molecule has 0 saturated heterocycles. The summed E-state index contributed by atoms with van der Waals surface area (Å²) in [5.74, 6) is 1.11. The molecule has 0 bridgehead atoms. The number of phenols is 1. The number of nitrogens with one attached hydrogen (secondary N) is 1. The molecule has 0 spiro atoms. The molecule has 0 aliphatic rings. The van der Waals surface area contributed by atoms with Gasteiger partial charge in [0.05, 0.1) is 11.6 Å². The number of hydrogen-bond acceptors (Lipinski definition) is 3. The highest BCUT2D eigenvalue weighted by Gasteiger charge is 2.02. The van der Waals surface area contributed by atoms with E-state index in [2.05, 4.69) is 21.2 Å². The summed E-state index contributed by atoms with van der Waals surface area (Å²) in [4.78, 5) is 0. The molecular weight excluding hydrogens is 306 g/mol. The molecule has 0 aliphatic heterocycles. The van der Waals surface area contributed by atoms with Crippen LogP contribution in [0.3, 0.4) is 0 Å². The van der Waals surface area contributed by atoms with Crippen LogP contribution < -0.4 is 10.1 Å². The minimum absolute atomic E-state index is 0.254. The van der Waals surface area contributed by atoms with Gasteiger partial charge in [-0.25, -0.2) is 0 Å². The van der Waals surface area contributed by atoms with Gasteiger partial charge in [0, 0.05) is 12.2 Å². The highest BCUT2D eigenvalue weighted by atomic mass is 79.9. The molecule has 0 heterocycles. The van der Waals surface area contributed by atoms with E-state index in [1.54, 1.807) is 13.2 Å². The molecule has 0 unspecified atom stereocenters. The number of aryl methyl sites for hydroxylation is 1. The molecule has 19 heavy (non-hydrogen) atoms. The third-order valence-electron chi connectivity index (χ3n) is 2.93. The van der Waals surface area contributed by atoms with Gasteiger partial charge in [-0.1, -0.05) is 6.07 Å². The maximum absolute atomic E-state index is 9.45. The first kappa shape index (κ1) is 13.7. The molecule has 0 saturated carbocycles. The van der Waals surface area contributed by atoms with Crippen LogP contribution in [0.5, 0.6) is 11.5 Å². The predicted octanol–water partition coefficient (Wildman–Crippen LogP) is 4.08. The molecular formula is C15H16BrNO2. The van der Waals surface area contributed by atoms with Gasteiger partial charge in [0.1, 0.15) is 11.5 Å². The van der Waals surface area contributed by atoms with Gasteiger partial charge in [0.15, 0.2) is 0 Å². The number of ether oxygens (including phenoxy) is 1. The van der Waals surface area contributed by atoms with Crippen molar-refractivity contribution >= 4 is 21.6 Å². The number of benzene rings is 2. The Labute approximate surface area is 121 Å². The summed E-state index contributed by atoms with van der Waals surface area (Å²) in [5.41, 5.74) is 3.31. The number of anilines is 1. The van der Waals surface area contributed by atoms with Crippen LogP contribution in [0.1, 0.15) is 11.1 Å². The molecule has 3 nitrogen and oxygen atoms in total. The zero-order chi connectivity index (χ0) is 13.8. The second kappa shape index (κ2) is 5.97. The minimum Gasteiger partial charge on any atom is -0.507 e. The first-order valence-corrected chi connectivity index (χ1v) is 6.75. The molecule has 0 fully saturated rings. The van der Waals surface area contributed by atoms with Gasteiger partial charge in [-0.3, -0.25) is 0 Å². The summed E-state index contributed by atoms with van der Waals surface area (Å²) in [6, 6.07) is 11.4. The summed E-state index contributed by atoms with van der Waals surface area (Å²) in [7, 11) is 1.66. The maximum atomic E-state index is 9.45. The standard InChI is InChI=1S/C15H16BrNO2/c1-10-7-12(19-2)4-5-14(10)17-9-11-3-6-15(18)13(16)8-11/h3-8,17-18H,9H2,1-2H3. The number of hydrogen-bond donors (Lipinski definition) is 2. The number of aromatic hydroxyl groups is 1. The van der Waals surface area contributed by atoms with Crippen LogP contribution >= 0.6 is 15.9 Å². The van der Waals surface area contributed by atoms with Crippen LogP contribution in [0.4, 0.5) is 5.69 Å². The van der Waals surface area contributed by atoms with Gasteiger partial charge in [0.2, 0.25) is 0 Å². The lowest BCUT2D eigenvalue weighted by atomic mass is 10.1. The van der Waals surface area contributed by atoms with Crippen LogP contribution in [-0.2, 0) is 6.54 Å². The van der Waals surface area contributed by atoms with Crippen molar-refractivity contribution in [1.29, 1.82) is 0 Å². The average Bonchev–Trinajstić information content (AvgIpc) is 2.41. The molecule has 0 atom stereocenters. The summed E-state index contributed by atoms with van der Waals surface area (Å²) >= 11 is 3.31. The van der Waals surface area contributed by atoms with Crippen LogP contribution in [0.25, 0.3) is 0 Å². The third-order valence-corrected chi connectivity index (χ3v) is 3.56. The van der Waals surface area contributed by atoms with Crippen molar-refractivity contribution in [3.63, 3.8) is 0 Å². The largest absolute Gasteiger partial charge is 0.507 e. The molecule has 4 heteroatoms. The Balaban J connectivity index is 2.07. The fourth-order valence-electron chi connectivity index (χ4n) is 1.82. The van der Waals surface area contributed by atoms with E-state index in [4.69, 9.17) is 4.74 Å². The Morgan fingerprint density at radius 2 is 2.00 bits per heavy atom. The third kappa shape index (κ3) is 3.41. The zero-order valence-electron chi connectivity index (χ0n) is 10.9. The van der Waals surface area contributed by atoms with Gasteiger partial charge in [-0.15, -0.1) is 0 Å². The van der Waals surface area contributed by atoms with Crippen molar-refractivity contribution in [1.82, 2.24) is 0 Å². The molecule has 0 aliphatic carbocycles. The van der Waals surface area contributed by atoms with Gasteiger partial charge in [0.25, 0.3) is 0 Å². The normalized spacial score (nSPS) is 10.3. The van der Waals surface area contributed by atoms with Gasteiger partial charge in [-0.05, 0) is 64.3 Å². The lowest BCUT2D eigenvalue weighted by Gasteiger charge is -2.11. The Kier molecular flexibility index (Phi) is 4.32. The molecule has 2 aromatic carbocycles. The first-order valence-electron chi connectivity index (χ1n) is 5.96. The van der Waals surface area contributed by atoms with Crippen LogP contribution in [0, 0.1) is 6.92 Å². The van der Waals surface area contributed by atoms with Gasteiger partial charge >= 0.3 is 0 Å². The number of rotatable bonds is 4. The van der Waals surface area contributed by atoms with E-state index in [0.717, 1.165) is 22.6 Å². The quantitative estimate of drug-likeness (QED) is 0.891. The molecule has 2 rings (SSSR count). The second-order valence-corrected chi connectivity index (χ2v) is 5.17. The van der Waals surface area contributed by atoms with Crippen molar-refractivity contribution in [2.45, 2.75) is 13.5 Å². The van der Waals surface area contributed by atoms with E-state index in [9.17, 15) is 5.11 Å². The van der Waals surface area contributed by atoms with E-state index < -0.39 is 0 Å². The fourth-order valence-corrected chi connectivity index (χ4v) is 2.25. The van der Waals surface area contributed by atoms with Gasteiger partial charge in [-0.2, -0.15) is 0 Å². The van der Waals surface area contributed by atoms with Crippen molar-refractivity contribution in [3.05, 3.63) is 52.0 Å². The highest BCUT2D eigenvalue weighted by Crippen LogP contribution is 2.25. The maximum Gasteiger partial charge on any atom is 0.129 e. The van der Waals surface area contributed by atoms with Gasteiger partial charge < -0.3 is 15.2 Å². The predicted molar refractivity (Wildman–Crippen MR) is 80.9 cm³/mol. The lowest BCUT2D eigenvalue weighted by Crippen LogP contribution is -2.01. The Bertz CT molecular complexity index is 584. The number of methoxy groups -OCH3 is 1. The molecule has 0 radical (unpaired) electrons. The smallest absolute Gasteiger partial charge is 0.129 e. The van der Waals surface area contributed by atoms with Crippen molar-refractivity contribution in [2.24, 2.45) is 0 Å².